The summed E-state index contributed by atoms with van der Waals surface area (Å²) in [5, 5.41) is 0. The quantitative estimate of drug-likeness (QED) is 0.0930. The van der Waals surface area contributed by atoms with Gasteiger partial charge < -0.3 is 4.90 Å². The van der Waals surface area contributed by atoms with E-state index in [1.807, 2.05) is 0 Å². The number of hydrogen-bond donors (Lipinski definition) is 0. The zero-order valence-electron chi connectivity index (χ0n) is 38.1. The molecule has 0 heterocycles. The number of rotatable bonds is 22. The van der Waals surface area contributed by atoms with E-state index in [0.29, 0.717) is 0 Å². The van der Waals surface area contributed by atoms with Crippen molar-refractivity contribution in [1.82, 2.24) is 0 Å². The van der Waals surface area contributed by atoms with E-state index in [2.05, 4.69) is 180 Å². The summed E-state index contributed by atoms with van der Waals surface area (Å²) in [5.74, 6) is 0. The summed E-state index contributed by atoms with van der Waals surface area (Å²) in [4.78, 5) is 10.6. The standard InChI is InChI=1S/3C12H18N.2C3H7.2C2H5.2CH3.Al.Ga.In/c3*1-3-10-13(11-4-2)12-8-6-5-7-9-12;2*1-3-2;2*1-2;;;;;/h3*5-8H,3-4,10-11H2,1-2H3;2*3H,1-2H3;2*1H2,2H3;2*1H3;;;. The summed E-state index contributed by atoms with van der Waals surface area (Å²) >= 11 is -3.56. The average Bonchev–Trinajstić information content (AvgIpc) is 3.16. The Morgan fingerprint density at radius 1 is 0.481 bits per heavy atom. The third kappa shape index (κ3) is 17.3. The minimum absolute atomic E-state index is 0.821. The van der Waals surface area contributed by atoms with E-state index in [4.69, 9.17) is 0 Å². The van der Waals surface area contributed by atoms with Crippen LogP contribution in [0, 0.1) is 0 Å². The molecule has 3 aromatic rings. The van der Waals surface area contributed by atoms with Crippen LogP contribution in [-0.4, -0.2) is 91.1 Å². The van der Waals surface area contributed by atoms with E-state index in [1.54, 1.807) is 17.6 Å². The van der Waals surface area contributed by atoms with Crippen molar-refractivity contribution < 1.29 is 0 Å². The zero-order valence-corrected chi connectivity index (χ0v) is 44.9. The molecule has 3 rings (SSSR count). The third-order valence-electron chi connectivity index (χ3n) is 10.6. The Hall–Kier alpha value is -0.901. The van der Waals surface area contributed by atoms with Crippen LogP contribution in [0.4, 0.5) is 17.1 Å². The van der Waals surface area contributed by atoms with Crippen LogP contribution < -0.4 is 26.6 Å². The van der Waals surface area contributed by atoms with Crippen LogP contribution in [0.3, 0.4) is 0 Å². The van der Waals surface area contributed by atoms with Crippen LogP contribution in [0.15, 0.2) is 72.8 Å². The first-order valence-electron chi connectivity index (χ1n) is 22.5. The van der Waals surface area contributed by atoms with Crippen molar-refractivity contribution in [3.8, 4) is 0 Å². The Kier molecular flexibility index (Phi) is 28.6. The molecule has 0 bridgehead atoms. The van der Waals surface area contributed by atoms with E-state index in [0.717, 1.165) is 9.56 Å². The van der Waals surface area contributed by atoms with E-state index in [-0.39, 0.29) is 0 Å². The maximum atomic E-state index is 2.61. The van der Waals surface area contributed by atoms with Crippen LogP contribution >= 0.6 is 0 Å². The van der Waals surface area contributed by atoms with Crippen LogP contribution in [0.1, 0.15) is 122 Å². The normalized spacial score (nSPS) is 10.7. The third-order valence-corrected chi connectivity index (χ3v) is 26.7. The number of para-hydroxylation sites is 3. The molecule has 0 saturated carbocycles. The molecule has 0 radical (unpaired) electrons. The minimum atomic E-state index is -1.39. The molecule has 0 amide bonds. The summed E-state index contributed by atoms with van der Waals surface area (Å²) in [6.45, 7) is 35.3. The summed E-state index contributed by atoms with van der Waals surface area (Å²) < 4.78 is 11.7. The van der Waals surface area contributed by atoms with Gasteiger partial charge in [-0.05, 0) is 18.9 Å². The van der Waals surface area contributed by atoms with Gasteiger partial charge in [0.25, 0.3) is 0 Å². The topological polar surface area (TPSA) is 9.72 Å². The predicted molar refractivity (Wildman–Crippen MR) is 257 cm³/mol. The molecule has 0 aliphatic carbocycles. The monoisotopic (exact) mass is 913 g/mol. The molecule has 0 aromatic heterocycles. The molecule has 0 saturated heterocycles. The van der Waals surface area contributed by atoms with Crippen molar-refractivity contribution in [3.05, 3.63) is 72.8 Å². The molecule has 0 atom stereocenters. The Labute approximate surface area is 355 Å². The molecule has 0 aliphatic heterocycles. The molecule has 6 heteroatoms. The first kappa shape index (κ1) is 51.1. The molecule has 54 heavy (non-hydrogen) atoms. The second-order valence-electron chi connectivity index (χ2n) is 16.3. The van der Waals surface area contributed by atoms with Crippen LogP contribution in [0.25, 0.3) is 0 Å². The molecular formula is C48H84AlGaInN3. The van der Waals surface area contributed by atoms with Gasteiger partial charge in [-0.25, -0.2) is 0 Å². The van der Waals surface area contributed by atoms with E-state index < -0.39 is 51.8 Å². The molecule has 0 spiro atoms. The van der Waals surface area contributed by atoms with Gasteiger partial charge in [0.1, 0.15) is 0 Å². The summed E-state index contributed by atoms with van der Waals surface area (Å²) in [6.07, 6.45) is 7.41. The fourth-order valence-electron chi connectivity index (χ4n) is 8.34. The molecule has 3 nitrogen and oxygen atoms in total. The summed E-state index contributed by atoms with van der Waals surface area (Å²) in [5.41, 5.74) is 4.60. The van der Waals surface area contributed by atoms with Crippen molar-refractivity contribution in [3.63, 3.8) is 0 Å². The SMILES string of the molecule is CCCN(CCC)c1cccc[c]1[Al]([CH](C)C)[CH](C)C.CCCN(CCC)c1cccc[c]1[Ga]([CH2]C)[CH2]C.CCCN(CCC)c1cccc[c]1[In]([CH3])[CH3]. The van der Waals surface area contributed by atoms with Gasteiger partial charge >= 0.3 is 242 Å². The van der Waals surface area contributed by atoms with Gasteiger partial charge in [-0.3, -0.25) is 0 Å². The summed E-state index contributed by atoms with van der Waals surface area (Å²) in [6, 6.07) is 27.5. The van der Waals surface area contributed by atoms with E-state index >= 15 is 0 Å². The molecule has 0 unspecified atom stereocenters. The van der Waals surface area contributed by atoms with Crippen LogP contribution in [0.2, 0.25) is 28.9 Å². The Morgan fingerprint density at radius 3 is 1.24 bits per heavy atom. The number of anilines is 3. The van der Waals surface area contributed by atoms with Crippen molar-refractivity contribution in [2.24, 2.45) is 0 Å². The number of nitrogens with zero attached hydrogens (tertiary/aromatic N) is 3. The molecule has 0 fully saturated rings. The Bertz CT molecular complexity index is 1340. The summed E-state index contributed by atoms with van der Waals surface area (Å²) in [7, 11) is 0. The Morgan fingerprint density at radius 2 is 0.833 bits per heavy atom. The molecule has 300 valence electrons. The zero-order chi connectivity index (χ0) is 40.5. The first-order chi connectivity index (χ1) is 26.0. The molecule has 0 aliphatic rings. The van der Waals surface area contributed by atoms with Gasteiger partial charge in [0, 0.05) is 18.8 Å². The predicted octanol–water partition coefficient (Wildman–Crippen LogP) is 12.2. The fourth-order valence-corrected chi connectivity index (χ4v) is 21.5. The average molecular weight is 915 g/mol. The van der Waals surface area contributed by atoms with Gasteiger partial charge in [-0.1, -0.05) is 73.7 Å². The second-order valence-corrected chi connectivity index (χ2v) is 36.7. The van der Waals surface area contributed by atoms with Gasteiger partial charge in [0.15, 0.2) is 0 Å². The van der Waals surface area contributed by atoms with E-state index in [1.165, 1.54) is 99.1 Å². The maximum absolute atomic E-state index is 2.61. The van der Waals surface area contributed by atoms with Crippen molar-refractivity contribution >= 4 is 80.7 Å². The second kappa shape index (κ2) is 30.2. The van der Waals surface area contributed by atoms with Crippen molar-refractivity contribution in [1.29, 1.82) is 0 Å². The molecule has 0 N–H and O–H groups in total. The molecular weight excluding hydrogens is 830 g/mol. The van der Waals surface area contributed by atoms with Crippen LogP contribution in [0.5, 0.6) is 0 Å². The van der Waals surface area contributed by atoms with Gasteiger partial charge in [-0.2, -0.15) is 0 Å². The van der Waals surface area contributed by atoms with Crippen molar-refractivity contribution in [2.75, 3.05) is 54.0 Å². The van der Waals surface area contributed by atoms with Gasteiger partial charge in [0.05, 0.1) is 0 Å². The van der Waals surface area contributed by atoms with Gasteiger partial charge in [0.2, 0.25) is 0 Å². The van der Waals surface area contributed by atoms with E-state index in [9.17, 15) is 0 Å². The van der Waals surface area contributed by atoms with Crippen molar-refractivity contribution in [2.45, 2.75) is 150 Å². The van der Waals surface area contributed by atoms with Gasteiger partial charge in [-0.15, -0.1) is 0 Å². The first-order valence-corrected chi connectivity index (χ1v) is 37.3. The number of benzene rings is 3. The fraction of sp³-hybridized carbons (Fsp3) is 0.625. The molecule has 3 aromatic carbocycles. The number of hydrogen-bond acceptors (Lipinski definition) is 3. The Balaban J connectivity index is 0.000000408. The van der Waals surface area contributed by atoms with Crippen LogP contribution in [-0.2, 0) is 0 Å².